The first-order chi connectivity index (χ1) is 14.4. The minimum absolute atomic E-state index is 0.0123. The summed E-state index contributed by atoms with van der Waals surface area (Å²) in [5, 5.41) is 29.1. The molecule has 0 aliphatic rings. The Hall–Kier alpha value is -4.21. The van der Waals surface area contributed by atoms with Crippen molar-refractivity contribution in [1.29, 1.82) is 0 Å². The van der Waals surface area contributed by atoms with E-state index in [-0.39, 0.29) is 34.9 Å². The minimum Gasteiger partial charge on any atom is -0.504 e. The van der Waals surface area contributed by atoms with Crippen LogP contribution < -0.4 is 10.2 Å². The number of amides is 1. The van der Waals surface area contributed by atoms with Gasteiger partial charge < -0.3 is 14.4 Å². The number of rotatable bonds is 7. The standard InChI is InChI=1S/C20H18N4O6/c1-3-29-16-10-15(24(27)28)9-14(19(16)25)11-21-22-20(26)17-12(2)30-23-18(17)13-7-5-4-6-8-13/h4-11,25H,3H2,1-2H3,(H,22,26)/b21-11+. The average molecular weight is 410 g/mol. The fourth-order valence-electron chi connectivity index (χ4n) is 2.73. The van der Waals surface area contributed by atoms with Gasteiger partial charge in [0.15, 0.2) is 11.5 Å². The monoisotopic (exact) mass is 410 g/mol. The number of phenols is 1. The minimum atomic E-state index is -0.621. The number of aromatic hydroxyl groups is 1. The van der Waals surface area contributed by atoms with Crippen molar-refractivity contribution in [1.82, 2.24) is 10.6 Å². The van der Waals surface area contributed by atoms with Crippen LogP contribution in [0.25, 0.3) is 11.3 Å². The third-order valence-electron chi connectivity index (χ3n) is 4.11. The summed E-state index contributed by atoms with van der Waals surface area (Å²) in [7, 11) is 0. The number of aromatic nitrogens is 1. The van der Waals surface area contributed by atoms with Gasteiger partial charge in [0.25, 0.3) is 11.6 Å². The van der Waals surface area contributed by atoms with Crippen LogP contribution in [0.15, 0.2) is 52.1 Å². The number of hydrogen-bond donors (Lipinski definition) is 2. The molecule has 1 heterocycles. The van der Waals surface area contributed by atoms with Crippen LogP contribution in [0, 0.1) is 17.0 Å². The van der Waals surface area contributed by atoms with Crippen LogP contribution in [-0.4, -0.2) is 33.9 Å². The molecule has 0 atom stereocenters. The van der Waals surface area contributed by atoms with E-state index < -0.39 is 10.8 Å². The van der Waals surface area contributed by atoms with E-state index in [0.717, 1.165) is 18.3 Å². The van der Waals surface area contributed by atoms with Gasteiger partial charge in [0, 0.05) is 17.2 Å². The Morgan fingerprint density at radius 3 is 2.77 bits per heavy atom. The fourth-order valence-corrected chi connectivity index (χ4v) is 2.73. The van der Waals surface area contributed by atoms with Crippen LogP contribution in [0.3, 0.4) is 0 Å². The number of hydrazone groups is 1. The van der Waals surface area contributed by atoms with Crippen LogP contribution in [0.2, 0.25) is 0 Å². The normalized spacial score (nSPS) is 10.9. The van der Waals surface area contributed by atoms with Crippen LogP contribution >= 0.6 is 0 Å². The summed E-state index contributed by atoms with van der Waals surface area (Å²) in [6, 6.07) is 11.2. The molecule has 0 saturated carbocycles. The van der Waals surface area contributed by atoms with E-state index >= 15 is 0 Å². The molecule has 1 amide bonds. The average Bonchev–Trinajstić information content (AvgIpc) is 3.12. The summed E-state index contributed by atoms with van der Waals surface area (Å²) in [5.74, 6) is -0.663. The first kappa shape index (κ1) is 20.5. The molecular weight excluding hydrogens is 392 g/mol. The Labute approximate surface area is 170 Å². The predicted octanol–water partition coefficient (Wildman–Crippen LogP) is 3.43. The number of nitro benzene ring substituents is 1. The quantitative estimate of drug-likeness (QED) is 0.345. The molecule has 0 aliphatic carbocycles. The SMILES string of the molecule is CCOc1cc([N+](=O)[O-])cc(/C=N/NC(=O)c2c(-c3ccccc3)noc2C)c1O. The summed E-state index contributed by atoms with van der Waals surface area (Å²) < 4.78 is 10.4. The van der Waals surface area contributed by atoms with E-state index in [0.29, 0.717) is 17.0 Å². The van der Waals surface area contributed by atoms with Crippen LogP contribution in [-0.2, 0) is 0 Å². The van der Waals surface area contributed by atoms with E-state index in [1.807, 2.05) is 6.07 Å². The van der Waals surface area contributed by atoms with Crippen molar-refractivity contribution in [2.24, 2.45) is 5.10 Å². The van der Waals surface area contributed by atoms with Crippen molar-refractivity contribution in [2.45, 2.75) is 13.8 Å². The number of nitro groups is 1. The number of carbonyl (C=O) groups is 1. The summed E-state index contributed by atoms with van der Waals surface area (Å²) in [5.41, 5.74) is 3.31. The van der Waals surface area contributed by atoms with Gasteiger partial charge in [-0.2, -0.15) is 5.10 Å². The van der Waals surface area contributed by atoms with Crippen molar-refractivity contribution in [2.75, 3.05) is 6.61 Å². The predicted molar refractivity (Wildman–Crippen MR) is 108 cm³/mol. The number of carbonyl (C=O) groups excluding carboxylic acids is 1. The fraction of sp³-hybridized carbons (Fsp3) is 0.150. The Bertz CT molecular complexity index is 1110. The van der Waals surface area contributed by atoms with Crippen molar-refractivity contribution in [3.05, 3.63) is 69.5 Å². The highest BCUT2D eigenvalue weighted by Crippen LogP contribution is 2.33. The van der Waals surface area contributed by atoms with Crippen LogP contribution in [0.5, 0.6) is 11.5 Å². The van der Waals surface area contributed by atoms with Crippen molar-refractivity contribution in [3.8, 4) is 22.8 Å². The molecular formula is C20H18N4O6. The number of nitrogens with zero attached hydrogens (tertiary/aromatic N) is 3. The molecule has 0 bridgehead atoms. The topological polar surface area (TPSA) is 140 Å². The molecule has 10 nitrogen and oxygen atoms in total. The highest BCUT2D eigenvalue weighted by atomic mass is 16.6. The molecule has 0 saturated heterocycles. The molecule has 10 heteroatoms. The Morgan fingerprint density at radius 1 is 1.37 bits per heavy atom. The second-order valence-corrected chi connectivity index (χ2v) is 6.10. The van der Waals surface area contributed by atoms with E-state index in [1.54, 1.807) is 38.1 Å². The van der Waals surface area contributed by atoms with Gasteiger partial charge in [-0.25, -0.2) is 5.43 Å². The number of benzene rings is 2. The lowest BCUT2D eigenvalue weighted by Gasteiger charge is -2.08. The number of nitrogens with one attached hydrogen (secondary N) is 1. The summed E-state index contributed by atoms with van der Waals surface area (Å²) in [4.78, 5) is 23.1. The van der Waals surface area contributed by atoms with E-state index in [4.69, 9.17) is 9.26 Å². The maximum atomic E-state index is 12.6. The lowest BCUT2D eigenvalue weighted by atomic mass is 10.1. The van der Waals surface area contributed by atoms with Crippen LogP contribution in [0.1, 0.15) is 28.6 Å². The summed E-state index contributed by atoms with van der Waals surface area (Å²) in [6.07, 6.45) is 1.09. The molecule has 3 aromatic rings. The molecule has 0 fully saturated rings. The maximum Gasteiger partial charge on any atom is 0.277 e. The zero-order valence-corrected chi connectivity index (χ0v) is 16.2. The van der Waals surface area contributed by atoms with E-state index in [1.165, 1.54) is 0 Å². The number of ether oxygens (including phenoxy) is 1. The van der Waals surface area contributed by atoms with Gasteiger partial charge in [-0.1, -0.05) is 35.5 Å². The van der Waals surface area contributed by atoms with E-state index in [9.17, 15) is 20.0 Å². The molecule has 3 rings (SSSR count). The Balaban J connectivity index is 1.86. The van der Waals surface area contributed by atoms with Crippen molar-refractivity contribution < 1.29 is 24.1 Å². The number of phenolic OH excluding ortho intramolecular Hbond substituents is 1. The lowest BCUT2D eigenvalue weighted by molar-refractivity contribution is -0.385. The molecule has 1 aromatic heterocycles. The van der Waals surface area contributed by atoms with Gasteiger partial charge in [-0.05, 0) is 13.8 Å². The molecule has 2 aromatic carbocycles. The second-order valence-electron chi connectivity index (χ2n) is 6.10. The van der Waals surface area contributed by atoms with Gasteiger partial charge in [0.05, 0.1) is 23.8 Å². The summed E-state index contributed by atoms with van der Waals surface area (Å²) >= 11 is 0. The number of hydrogen-bond acceptors (Lipinski definition) is 8. The van der Waals surface area contributed by atoms with Crippen molar-refractivity contribution in [3.63, 3.8) is 0 Å². The van der Waals surface area contributed by atoms with Gasteiger partial charge >= 0.3 is 0 Å². The first-order valence-corrected chi connectivity index (χ1v) is 8.91. The van der Waals surface area contributed by atoms with Gasteiger partial charge in [0.1, 0.15) is 17.0 Å². The smallest absolute Gasteiger partial charge is 0.277 e. The summed E-state index contributed by atoms with van der Waals surface area (Å²) in [6.45, 7) is 3.48. The number of aryl methyl sites for hydroxylation is 1. The molecule has 2 N–H and O–H groups in total. The Kier molecular flexibility index (Phi) is 6.06. The third-order valence-corrected chi connectivity index (χ3v) is 4.11. The molecule has 0 spiro atoms. The molecule has 0 aliphatic heterocycles. The van der Waals surface area contributed by atoms with Crippen LogP contribution in [0.4, 0.5) is 5.69 Å². The van der Waals surface area contributed by atoms with Gasteiger partial charge in [0.2, 0.25) is 0 Å². The van der Waals surface area contributed by atoms with Gasteiger partial charge in [-0.15, -0.1) is 0 Å². The zero-order chi connectivity index (χ0) is 21.7. The first-order valence-electron chi connectivity index (χ1n) is 8.91. The van der Waals surface area contributed by atoms with Crippen molar-refractivity contribution >= 4 is 17.8 Å². The van der Waals surface area contributed by atoms with E-state index in [2.05, 4.69) is 15.7 Å². The number of non-ortho nitro benzene ring substituents is 1. The highest BCUT2D eigenvalue weighted by molar-refractivity contribution is 6.01. The zero-order valence-electron chi connectivity index (χ0n) is 16.2. The lowest BCUT2D eigenvalue weighted by Crippen LogP contribution is -2.18. The second kappa shape index (κ2) is 8.86. The molecule has 0 radical (unpaired) electrons. The van der Waals surface area contributed by atoms with Gasteiger partial charge in [-0.3, -0.25) is 14.9 Å². The Morgan fingerprint density at radius 2 is 2.10 bits per heavy atom. The molecule has 154 valence electrons. The molecule has 0 unspecified atom stereocenters. The molecule has 30 heavy (non-hydrogen) atoms. The maximum absolute atomic E-state index is 12.6. The third kappa shape index (κ3) is 4.27. The highest BCUT2D eigenvalue weighted by Gasteiger charge is 2.21. The largest absolute Gasteiger partial charge is 0.504 e.